The van der Waals surface area contributed by atoms with Crippen LogP contribution in [-0.4, -0.2) is 23.6 Å². The summed E-state index contributed by atoms with van der Waals surface area (Å²) >= 11 is 0. The molecule has 0 bridgehead atoms. The number of carbonyl (C=O) groups excluding carboxylic acids is 3. The SMILES string of the molecule is CCC(=O)CC[C@@H](NC(=O)Cc1ccc(F)cc1)C(N)=O. The summed E-state index contributed by atoms with van der Waals surface area (Å²) in [4.78, 5) is 34.4. The molecule has 1 aromatic rings. The monoisotopic (exact) mass is 294 g/mol. The van der Waals surface area contributed by atoms with E-state index in [1.165, 1.54) is 24.3 Å². The lowest BCUT2D eigenvalue weighted by Gasteiger charge is -2.15. The van der Waals surface area contributed by atoms with E-state index >= 15 is 0 Å². The summed E-state index contributed by atoms with van der Waals surface area (Å²) in [6, 6.07) is 4.64. The molecule has 0 spiro atoms. The van der Waals surface area contributed by atoms with Gasteiger partial charge in [0.1, 0.15) is 17.6 Å². The molecule has 0 aliphatic carbocycles. The minimum absolute atomic E-state index is 0.00836. The number of nitrogens with two attached hydrogens (primary N) is 1. The fourth-order valence-corrected chi connectivity index (χ4v) is 1.80. The summed E-state index contributed by atoms with van der Waals surface area (Å²) in [6.45, 7) is 1.73. The van der Waals surface area contributed by atoms with E-state index in [0.29, 0.717) is 12.0 Å². The van der Waals surface area contributed by atoms with Crippen molar-refractivity contribution in [3.63, 3.8) is 0 Å². The average molecular weight is 294 g/mol. The molecule has 0 saturated carbocycles. The molecule has 3 N–H and O–H groups in total. The molecule has 0 saturated heterocycles. The van der Waals surface area contributed by atoms with Gasteiger partial charge in [0.05, 0.1) is 6.42 Å². The van der Waals surface area contributed by atoms with Crippen LogP contribution in [0.1, 0.15) is 31.7 Å². The largest absolute Gasteiger partial charge is 0.368 e. The number of halogens is 1. The summed E-state index contributed by atoms with van der Waals surface area (Å²) in [5.74, 6) is -1.44. The van der Waals surface area contributed by atoms with Crippen LogP contribution in [0.15, 0.2) is 24.3 Å². The van der Waals surface area contributed by atoms with Crippen LogP contribution in [0.5, 0.6) is 0 Å². The van der Waals surface area contributed by atoms with E-state index in [4.69, 9.17) is 5.73 Å². The first-order valence-electron chi connectivity index (χ1n) is 6.77. The Morgan fingerprint density at radius 1 is 1.24 bits per heavy atom. The molecule has 1 aromatic carbocycles. The van der Waals surface area contributed by atoms with Gasteiger partial charge in [-0.15, -0.1) is 0 Å². The molecule has 1 atom stereocenters. The Bertz CT molecular complexity index is 514. The topological polar surface area (TPSA) is 89.3 Å². The minimum Gasteiger partial charge on any atom is -0.368 e. The van der Waals surface area contributed by atoms with E-state index in [-0.39, 0.29) is 30.9 Å². The van der Waals surface area contributed by atoms with Gasteiger partial charge in [-0.2, -0.15) is 0 Å². The summed E-state index contributed by atoms with van der Waals surface area (Å²) in [5.41, 5.74) is 5.84. The molecule has 0 aliphatic rings. The summed E-state index contributed by atoms with van der Waals surface area (Å²) in [6.07, 6.45) is 0.791. The Balaban J connectivity index is 2.54. The molecule has 0 radical (unpaired) electrons. The Morgan fingerprint density at radius 3 is 2.38 bits per heavy atom. The van der Waals surface area contributed by atoms with E-state index in [2.05, 4.69) is 5.32 Å². The third-order valence-electron chi connectivity index (χ3n) is 3.06. The molecule has 5 nitrogen and oxygen atoms in total. The van der Waals surface area contributed by atoms with Crippen LogP contribution < -0.4 is 11.1 Å². The van der Waals surface area contributed by atoms with Gasteiger partial charge in [-0.25, -0.2) is 4.39 Å². The van der Waals surface area contributed by atoms with Gasteiger partial charge in [0, 0.05) is 12.8 Å². The predicted octanol–water partition coefficient (Wildman–Crippen LogP) is 1.10. The first kappa shape index (κ1) is 16.8. The van der Waals surface area contributed by atoms with Gasteiger partial charge in [-0.1, -0.05) is 19.1 Å². The molecule has 0 aromatic heterocycles. The second kappa shape index (κ2) is 8.14. The minimum atomic E-state index is -0.867. The first-order chi connectivity index (χ1) is 9.92. The maximum Gasteiger partial charge on any atom is 0.240 e. The highest BCUT2D eigenvalue weighted by Crippen LogP contribution is 2.05. The number of carbonyl (C=O) groups is 3. The lowest BCUT2D eigenvalue weighted by molar-refractivity contribution is -0.127. The highest BCUT2D eigenvalue weighted by molar-refractivity contribution is 5.88. The van der Waals surface area contributed by atoms with Crippen molar-refractivity contribution < 1.29 is 18.8 Å². The van der Waals surface area contributed by atoms with Crippen LogP contribution in [-0.2, 0) is 20.8 Å². The zero-order chi connectivity index (χ0) is 15.8. The molecule has 0 aliphatic heterocycles. The van der Waals surface area contributed by atoms with Gasteiger partial charge in [0.25, 0.3) is 0 Å². The van der Waals surface area contributed by atoms with Crippen molar-refractivity contribution in [3.8, 4) is 0 Å². The number of amides is 2. The van der Waals surface area contributed by atoms with E-state index < -0.39 is 17.9 Å². The molecule has 6 heteroatoms. The highest BCUT2D eigenvalue weighted by Gasteiger charge is 2.19. The number of primary amides is 1. The van der Waals surface area contributed by atoms with Crippen molar-refractivity contribution in [2.45, 2.75) is 38.6 Å². The van der Waals surface area contributed by atoms with Crippen LogP contribution >= 0.6 is 0 Å². The smallest absolute Gasteiger partial charge is 0.240 e. The zero-order valence-corrected chi connectivity index (χ0v) is 11.9. The van der Waals surface area contributed by atoms with Crippen LogP contribution in [0.4, 0.5) is 4.39 Å². The number of ketones is 1. The molecule has 114 valence electrons. The van der Waals surface area contributed by atoms with Crippen molar-refractivity contribution in [1.29, 1.82) is 0 Å². The number of nitrogens with one attached hydrogen (secondary N) is 1. The van der Waals surface area contributed by atoms with E-state index in [1.807, 2.05) is 0 Å². The van der Waals surface area contributed by atoms with Crippen molar-refractivity contribution >= 4 is 17.6 Å². The Kier molecular flexibility index (Phi) is 6.52. The lowest BCUT2D eigenvalue weighted by atomic mass is 10.1. The Hall–Kier alpha value is -2.24. The summed E-state index contributed by atoms with van der Waals surface area (Å²) in [7, 11) is 0. The maximum atomic E-state index is 12.8. The molecule has 1 rings (SSSR count). The number of hydrogen-bond donors (Lipinski definition) is 2. The summed E-state index contributed by atoms with van der Waals surface area (Å²) in [5, 5.41) is 2.50. The number of benzene rings is 1. The predicted molar refractivity (Wildman–Crippen MR) is 75.8 cm³/mol. The molecule has 0 fully saturated rings. The number of hydrogen-bond acceptors (Lipinski definition) is 3. The Labute approximate surface area is 122 Å². The van der Waals surface area contributed by atoms with E-state index in [9.17, 15) is 18.8 Å². The van der Waals surface area contributed by atoms with Crippen LogP contribution in [0.2, 0.25) is 0 Å². The molecule has 2 amide bonds. The van der Waals surface area contributed by atoms with Gasteiger partial charge in [-0.05, 0) is 24.1 Å². The fourth-order valence-electron chi connectivity index (χ4n) is 1.80. The van der Waals surface area contributed by atoms with Crippen LogP contribution in [0.25, 0.3) is 0 Å². The van der Waals surface area contributed by atoms with E-state index in [1.54, 1.807) is 6.92 Å². The third-order valence-corrected chi connectivity index (χ3v) is 3.06. The Morgan fingerprint density at radius 2 is 1.86 bits per heavy atom. The van der Waals surface area contributed by atoms with Gasteiger partial charge >= 0.3 is 0 Å². The number of rotatable bonds is 8. The molecular formula is C15H19FN2O3. The molecule has 0 heterocycles. The second-order valence-electron chi connectivity index (χ2n) is 4.76. The first-order valence-corrected chi connectivity index (χ1v) is 6.77. The van der Waals surface area contributed by atoms with Gasteiger partial charge in [0.2, 0.25) is 11.8 Å². The average Bonchev–Trinajstić information content (AvgIpc) is 2.45. The van der Waals surface area contributed by atoms with Crippen LogP contribution in [0.3, 0.4) is 0 Å². The van der Waals surface area contributed by atoms with E-state index in [0.717, 1.165) is 0 Å². The molecule has 21 heavy (non-hydrogen) atoms. The van der Waals surface area contributed by atoms with Crippen molar-refractivity contribution in [2.24, 2.45) is 5.73 Å². The van der Waals surface area contributed by atoms with Crippen LogP contribution in [0, 0.1) is 5.82 Å². The fraction of sp³-hybridized carbons (Fsp3) is 0.400. The van der Waals surface area contributed by atoms with Crippen molar-refractivity contribution in [1.82, 2.24) is 5.32 Å². The quantitative estimate of drug-likeness (QED) is 0.752. The third kappa shape index (κ3) is 6.16. The maximum absolute atomic E-state index is 12.8. The standard InChI is InChI=1S/C15H19FN2O3/c1-2-12(19)7-8-13(15(17)21)18-14(20)9-10-3-5-11(16)6-4-10/h3-6,13H,2,7-9H2,1H3,(H2,17,21)(H,18,20)/t13-/m1/s1. The normalized spacial score (nSPS) is 11.7. The van der Waals surface area contributed by atoms with Gasteiger partial charge < -0.3 is 11.1 Å². The summed E-state index contributed by atoms with van der Waals surface area (Å²) < 4.78 is 12.8. The molecule has 0 unspecified atom stereocenters. The highest BCUT2D eigenvalue weighted by atomic mass is 19.1. The second-order valence-corrected chi connectivity index (χ2v) is 4.76. The van der Waals surface area contributed by atoms with Crippen molar-refractivity contribution in [3.05, 3.63) is 35.6 Å². The zero-order valence-electron chi connectivity index (χ0n) is 11.9. The van der Waals surface area contributed by atoms with Gasteiger partial charge in [-0.3, -0.25) is 14.4 Å². The number of Topliss-reactive ketones (excluding diaryl/α,β-unsaturated/α-hetero) is 1. The van der Waals surface area contributed by atoms with Gasteiger partial charge in [0.15, 0.2) is 0 Å². The molecular weight excluding hydrogens is 275 g/mol. The lowest BCUT2D eigenvalue weighted by Crippen LogP contribution is -2.45. The van der Waals surface area contributed by atoms with Crippen molar-refractivity contribution in [2.75, 3.05) is 0 Å².